The van der Waals surface area contributed by atoms with Crippen molar-refractivity contribution in [1.29, 1.82) is 0 Å². The highest BCUT2D eigenvalue weighted by Crippen LogP contribution is 2.31. The lowest BCUT2D eigenvalue weighted by molar-refractivity contribution is -0.119. The molecule has 0 heterocycles. The molecule has 0 saturated heterocycles. The average Bonchev–Trinajstić information content (AvgIpc) is 2.62. The minimum atomic E-state index is -4.17. The first-order valence-corrected chi connectivity index (χ1v) is 9.61. The summed E-state index contributed by atoms with van der Waals surface area (Å²) in [4.78, 5) is 22.7. The van der Waals surface area contributed by atoms with Crippen molar-refractivity contribution >= 4 is 50.7 Å². The van der Waals surface area contributed by atoms with Crippen molar-refractivity contribution in [2.75, 3.05) is 11.8 Å². The molecule has 2 amide bonds. The van der Waals surface area contributed by atoms with E-state index in [1.807, 2.05) is 0 Å². The maximum atomic E-state index is 12.8. The number of hydrogen-bond donors (Lipinski definition) is 3. The number of nitrogens with one attached hydrogen (secondary N) is 3. The molecule has 0 aromatic heterocycles. The fourth-order valence-electron chi connectivity index (χ4n) is 2.02. The van der Waals surface area contributed by atoms with Crippen LogP contribution in [-0.2, 0) is 14.8 Å². The lowest BCUT2D eigenvalue weighted by Crippen LogP contribution is -2.40. The Hall–Kier alpha value is -2.49. The summed E-state index contributed by atoms with van der Waals surface area (Å²) in [6.07, 6.45) is 0. The standard InChI is InChI=1S/C16H15Cl2N3O5S/c1-9(22)19-20-16(23)10-3-6-14(26-2)15(7-10)27(24,25)21-13-8-11(17)4-5-12(13)18/h3-8,21H,1-2H3,(H,19,22)(H,20,23). The van der Waals surface area contributed by atoms with Crippen LogP contribution < -0.4 is 20.3 Å². The molecule has 3 N–H and O–H groups in total. The van der Waals surface area contributed by atoms with Gasteiger partial charge in [0.05, 0.1) is 17.8 Å². The second-order valence-electron chi connectivity index (χ2n) is 5.23. The molecule has 0 aliphatic rings. The van der Waals surface area contributed by atoms with E-state index in [2.05, 4.69) is 15.6 Å². The summed E-state index contributed by atoms with van der Waals surface area (Å²) in [5.74, 6) is -1.18. The van der Waals surface area contributed by atoms with Crippen LogP contribution in [0.1, 0.15) is 17.3 Å². The summed E-state index contributed by atoms with van der Waals surface area (Å²) in [5, 5.41) is 0.425. The number of hydrazine groups is 1. The largest absolute Gasteiger partial charge is 0.495 e. The number of carbonyl (C=O) groups is 2. The molecule has 0 unspecified atom stereocenters. The zero-order chi connectivity index (χ0) is 20.2. The SMILES string of the molecule is COc1ccc(C(=O)NNC(C)=O)cc1S(=O)(=O)Nc1cc(Cl)ccc1Cl. The molecule has 0 spiro atoms. The van der Waals surface area contributed by atoms with Gasteiger partial charge in [0, 0.05) is 17.5 Å². The minimum Gasteiger partial charge on any atom is -0.495 e. The van der Waals surface area contributed by atoms with E-state index < -0.39 is 21.8 Å². The molecule has 0 saturated carbocycles. The predicted octanol–water partition coefficient (Wildman–Crippen LogP) is 2.58. The highest BCUT2D eigenvalue weighted by molar-refractivity contribution is 7.92. The molecule has 2 aromatic rings. The van der Waals surface area contributed by atoms with Gasteiger partial charge in [-0.3, -0.25) is 25.2 Å². The molecular weight excluding hydrogens is 417 g/mol. The third kappa shape index (κ3) is 5.25. The summed E-state index contributed by atoms with van der Waals surface area (Å²) in [6.45, 7) is 1.21. The van der Waals surface area contributed by atoms with Gasteiger partial charge in [0.15, 0.2) is 0 Å². The molecular formula is C16H15Cl2N3O5S. The molecule has 8 nitrogen and oxygen atoms in total. The number of hydrogen-bond acceptors (Lipinski definition) is 5. The van der Waals surface area contributed by atoms with Gasteiger partial charge in [-0.05, 0) is 36.4 Å². The molecule has 11 heteroatoms. The number of benzene rings is 2. The molecule has 0 bridgehead atoms. The van der Waals surface area contributed by atoms with Gasteiger partial charge in [-0.25, -0.2) is 8.42 Å². The van der Waals surface area contributed by atoms with Gasteiger partial charge >= 0.3 is 0 Å². The van der Waals surface area contributed by atoms with Gasteiger partial charge in [0.2, 0.25) is 5.91 Å². The van der Waals surface area contributed by atoms with Crippen molar-refractivity contribution < 1.29 is 22.7 Å². The fourth-order valence-corrected chi connectivity index (χ4v) is 3.68. The van der Waals surface area contributed by atoms with Crippen molar-refractivity contribution in [3.05, 3.63) is 52.0 Å². The number of rotatable bonds is 5. The number of sulfonamides is 1. The quantitative estimate of drug-likeness (QED) is 0.629. The lowest BCUT2D eigenvalue weighted by atomic mass is 10.2. The van der Waals surface area contributed by atoms with Gasteiger partial charge in [-0.1, -0.05) is 23.2 Å². The number of anilines is 1. The van der Waals surface area contributed by atoms with Gasteiger partial charge < -0.3 is 4.74 Å². The number of amides is 2. The Kier molecular flexibility index (Phi) is 6.53. The Morgan fingerprint density at radius 3 is 2.37 bits per heavy atom. The predicted molar refractivity (Wildman–Crippen MR) is 102 cm³/mol. The van der Waals surface area contributed by atoms with Gasteiger partial charge in [-0.15, -0.1) is 0 Å². The summed E-state index contributed by atoms with van der Waals surface area (Å²) in [5.41, 5.74) is 4.32. The lowest BCUT2D eigenvalue weighted by Gasteiger charge is -2.14. The molecule has 144 valence electrons. The molecule has 2 aromatic carbocycles. The summed E-state index contributed by atoms with van der Waals surface area (Å²) in [6, 6.07) is 8.07. The highest BCUT2D eigenvalue weighted by atomic mass is 35.5. The number of ether oxygens (including phenoxy) is 1. The first-order valence-electron chi connectivity index (χ1n) is 7.37. The Labute approximate surface area is 165 Å². The average molecular weight is 432 g/mol. The maximum Gasteiger partial charge on any atom is 0.269 e. The second kappa shape index (κ2) is 8.47. The zero-order valence-corrected chi connectivity index (χ0v) is 16.5. The van der Waals surface area contributed by atoms with E-state index in [9.17, 15) is 18.0 Å². The molecule has 0 atom stereocenters. The van der Waals surface area contributed by atoms with Crippen LogP contribution in [0.15, 0.2) is 41.3 Å². The van der Waals surface area contributed by atoms with Crippen molar-refractivity contribution in [3.63, 3.8) is 0 Å². The van der Waals surface area contributed by atoms with Crippen molar-refractivity contribution in [2.45, 2.75) is 11.8 Å². The van der Waals surface area contributed by atoms with E-state index in [0.29, 0.717) is 0 Å². The maximum absolute atomic E-state index is 12.8. The van der Waals surface area contributed by atoms with Crippen LogP contribution in [0.3, 0.4) is 0 Å². The number of carbonyl (C=O) groups excluding carboxylic acids is 2. The highest BCUT2D eigenvalue weighted by Gasteiger charge is 2.23. The van der Waals surface area contributed by atoms with E-state index in [4.69, 9.17) is 27.9 Å². The molecule has 27 heavy (non-hydrogen) atoms. The van der Waals surface area contributed by atoms with E-state index in [1.165, 1.54) is 44.4 Å². The summed E-state index contributed by atoms with van der Waals surface area (Å²) >= 11 is 11.9. The normalized spacial score (nSPS) is 10.8. The summed E-state index contributed by atoms with van der Waals surface area (Å²) in [7, 11) is -2.88. The second-order valence-corrected chi connectivity index (χ2v) is 7.73. The third-order valence-corrected chi connectivity index (χ3v) is 5.19. The van der Waals surface area contributed by atoms with Crippen LogP contribution in [0.5, 0.6) is 5.75 Å². The molecule has 0 aliphatic carbocycles. The first-order chi connectivity index (χ1) is 12.6. The third-order valence-electron chi connectivity index (χ3n) is 3.24. The van der Waals surface area contributed by atoms with Gasteiger partial charge in [0.25, 0.3) is 15.9 Å². The van der Waals surface area contributed by atoms with Crippen molar-refractivity contribution in [1.82, 2.24) is 10.9 Å². The molecule has 2 rings (SSSR count). The van der Waals surface area contributed by atoms with E-state index in [-0.39, 0.29) is 31.9 Å². The Morgan fingerprint density at radius 2 is 1.74 bits per heavy atom. The van der Waals surface area contributed by atoms with Gasteiger partial charge in [0.1, 0.15) is 10.6 Å². The Balaban J connectivity index is 2.42. The zero-order valence-electron chi connectivity index (χ0n) is 14.2. The Morgan fingerprint density at radius 1 is 1.04 bits per heavy atom. The van der Waals surface area contributed by atoms with E-state index in [1.54, 1.807) is 0 Å². The molecule has 0 fully saturated rings. The van der Waals surface area contributed by atoms with Crippen molar-refractivity contribution in [2.24, 2.45) is 0 Å². The number of methoxy groups -OCH3 is 1. The van der Waals surface area contributed by atoms with E-state index >= 15 is 0 Å². The first kappa shape index (κ1) is 20.8. The summed E-state index contributed by atoms with van der Waals surface area (Å²) < 4.78 is 33.0. The van der Waals surface area contributed by atoms with Crippen LogP contribution in [0.2, 0.25) is 10.0 Å². The minimum absolute atomic E-state index is 0.0109. The van der Waals surface area contributed by atoms with Crippen LogP contribution in [0.25, 0.3) is 0 Å². The molecule has 0 radical (unpaired) electrons. The molecule has 0 aliphatic heterocycles. The Bertz CT molecular complexity index is 996. The number of halogens is 2. The van der Waals surface area contributed by atoms with Gasteiger partial charge in [-0.2, -0.15) is 0 Å². The van der Waals surface area contributed by atoms with Crippen LogP contribution in [0, 0.1) is 0 Å². The van der Waals surface area contributed by atoms with Crippen molar-refractivity contribution in [3.8, 4) is 5.75 Å². The fraction of sp³-hybridized carbons (Fsp3) is 0.125. The van der Waals surface area contributed by atoms with Crippen LogP contribution in [0.4, 0.5) is 5.69 Å². The topological polar surface area (TPSA) is 114 Å². The smallest absolute Gasteiger partial charge is 0.269 e. The van der Waals surface area contributed by atoms with Crippen LogP contribution >= 0.6 is 23.2 Å². The van der Waals surface area contributed by atoms with E-state index in [0.717, 1.165) is 6.07 Å². The van der Waals surface area contributed by atoms with Crippen LogP contribution in [-0.4, -0.2) is 27.3 Å². The monoisotopic (exact) mass is 431 g/mol.